The second-order valence-corrected chi connectivity index (χ2v) is 7.94. The number of hydrogen-bond donors (Lipinski definition) is 3. The van der Waals surface area contributed by atoms with Gasteiger partial charge in [-0.1, -0.05) is 36.4 Å². The van der Waals surface area contributed by atoms with E-state index in [-0.39, 0.29) is 30.6 Å². The largest absolute Gasteiger partial charge is 0.396 e. The Morgan fingerprint density at radius 3 is 2.90 bits per heavy atom. The van der Waals surface area contributed by atoms with Gasteiger partial charge in [-0.2, -0.15) is 0 Å². The molecule has 2 heterocycles. The van der Waals surface area contributed by atoms with Gasteiger partial charge in [0.05, 0.1) is 17.8 Å². The Morgan fingerprint density at radius 2 is 2.23 bits per heavy atom. The second-order valence-electron chi connectivity index (χ2n) is 7.94. The van der Waals surface area contributed by atoms with Crippen LogP contribution in [-0.2, 0) is 22.5 Å². The molecular weight excluding hydrogens is 394 g/mol. The monoisotopic (exact) mass is 427 g/mol. The quantitative estimate of drug-likeness (QED) is 0.476. The van der Waals surface area contributed by atoms with E-state index >= 15 is 0 Å². The summed E-state index contributed by atoms with van der Waals surface area (Å²) in [5.41, 5.74) is 2.67. The minimum Gasteiger partial charge on any atom is -0.396 e. The van der Waals surface area contributed by atoms with Crippen LogP contribution in [0.25, 0.3) is 0 Å². The Morgan fingerprint density at radius 1 is 1.42 bits per heavy atom. The summed E-state index contributed by atoms with van der Waals surface area (Å²) in [7, 11) is 1.72. The molecule has 8 heteroatoms. The topological polar surface area (TPSA) is 101 Å². The van der Waals surface area contributed by atoms with Crippen LogP contribution in [-0.4, -0.2) is 52.3 Å². The first-order valence-electron chi connectivity index (χ1n) is 10.9. The van der Waals surface area contributed by atoms with E-state index in [2.05, 4.69) is 40.0 Å². The molecule has 0 radical (unpaired) electrons. The standard InChI is InChI=1S/C23H33N5O3/c1-17(6-3-4-14-28-16-20(12-15-29)26-27-28)22(31-2)18-8-10-19(11-9-18)25-23(30)21-7-5-13-24-21/h3,6,8-11,16-17,21-22,24,29H,4-5,7,12-15H2,1-2H3,(H,25,30)/b6-3+/t17-,21-,22+/m1/s1. The highest BCUT2D eigenvalue weighted by atomic mass is 16.5. The normalized spacial score (nSPS) is 18.4. The van der Waals surface area contributed by atoms with Gasteiger partial charge in [0.2, 0.25) is 5.91 Å². The summed E-state index contributed by atoms with van der Waals surface area (Å²) in [4.78, 5) is 12.3. The highest BCUT2D eigenvalue weighted by molar-refractivity contribution is 5.95. The number of nitrogens with zero attached hydrogens (tertiary/aromatic N) is 3. The van der Waals surface area contributed by atoms with Crippen LogP contribution < -0.4 is 10.6 Å². The van der Waals surface area contributed by atoms with Crippen molar-refractivity contribution < 1.29 is 14.6 Å². The van der Waals surface area contributed by atoms with Crippen LogP contribution in [0.5, 0.6) is 0 Å². The first kappa shape index (κ1) is 23.1. The number of aromatic nitrogens is 3. The van der Waals surface area contributed by atoms with Gasteiger partial charge in [-0.05, 0) is 43.5 Å². The smallest absolute Gasteiger partial charge is 0.241 e. The van der Waals surface area contributed by atoms with Crippen molar-refractivity contribution in [2.24, 2.45) is 5.92 Å². The van der Waals surface area contributed by atoms with Crippen molar-refractivity contribution >= 4 is 11.6 Å². The van der Waals surface area contributed by atoms with E-state index in [0.717, 1.165) is 49.3 Å². The number of carbonyl (C=O) groups is 1. The zero-order valence-corrected chi connectivity index (χ0v) is 18.3. The van der Waals surface area contributed by atoms with Crippen LogP contribution in [0.1, 0.15) is 43.5 Å². The van der Waals surface area contributed by atoms with E-state index in [1.807, 2.05) is 30.5 Å². The van der Waals surface area contributed by atoms with Gasteiger partial charge in [-0.3, -0.25) is 9.48 Å². The van der Waals surface area contributed by atoms with Crippen molar-refractivity contribution in [3.8, 4) is 0 Å². The number of amides is 1. The maximum Gasteiger partial charge on any atom is 0.241 e. The van der Waals surface area contributed by atoms with Gasteiger partial charge in [0.1, 0.15) is 0 Å². The number of anilines is 1. The molecule has 0 unspecified atom stereocenters. The molecule has 2 aromatic rings. The van der Waals surface area contributed by atoms with E-state index in [4.69, 9.17) is 9.84 Å². The van der Waals surface area contributed by atoms with Crippen molar-refractivity contribution in [3.63, 3.8) is 0 Å². The van der Waals surface area contributed by atoms with Crippen molar-refractivity contribution in [2.45, 2.75) is 51.3 Å². The van der Waals surface area contributed by atoms with Crippen molar-refractivity contribution in [2.75, 3.05) is 25.6 Å². The number of carbonyl (C=O) groups excluding carboxylic acids is 1. The number of allylic oxidation sites excluding steroid dienone is 1. The molecular formula is C23H33N5O3. The summed E-state index contributed by atoms with van der Waals surface area (Å²) in [6.07, 6.45) is 9.38. The lowest BCUT2D eigenvalue weighted by atomic mass is 9.96. The molecule has 1 aliphatic rings. The minimum absolute atomic E-state index is 0.0284. The van der Waals surface area contributed by atoms with E-state index in [9.17, 15) is 4.79 Å². The molecule has 3 rings (SSSR count). The first-order chi connectivity index (χ1) is 15.1. The Kier molecular flexibility index (Phi) is 8.75. The van der Waals surface area contributed by atoms with Crippen molar-refractivity contribution in [3.05, 3.63) is 53.9 Å². The van der Waals surface area contributed by atoms with E-state index in [1.165, 1.54) is 0 Å². The van der Waals surface area contributed by atoms with E-state index in [1.54, 1.807) is 11.8 Å². The molecule has 1 aromatic heterocycles. The Labute approximate surface area is 183 Å². The van der Waals surface area contributed by atoms with Crippen LogP contribution in [0.15, 0.2) is 42.6 Å². The SMILES string of the molecule is CO[C@H](c1ccc(NC(=O)[C@H]2CCCN2)cc1)[C@H](C)/C=C/CCn1cc(CCO)nn1. The van der Waals surface area contributed by atoms with Gasteiger partial charge < -0.3 is 20.5 Å². The Hall–Kier alpha value is -2.55. The van der Waals surface area contributed by atoms with Gasteiger partial charge in [-0.25, -0.2) is 0 Å². The predicted molar refractivity (Wildman–Crippen MR) is 120 cm³/mol. The molecule has 168 valence electrons. The molecule has 1 amide bonds. The van der Waals surface area contributed by atoms with Gasteiger partial charge in [0.15, 0.2) is 0 Å². The lowest BCUT2D eigenvalue weighted by Crippen LogP contribution is -2.35. The summed E-state index contributed by atoms with van der Waals surface area (Å²) < 4.78 is 7.54. The van der Waals surface area contributed by atoms with Gasteiger partial charge >= 0.3 is 0 Å². The lowest BCUT2D eigenvalue weighted by molar-refractivity contribution is -0.117. The molecule has 8 nitrogen and oxygen atoms in total. The highest BCUT2D eigenvalue weighted by Crippen LogP contribution is 2.27. The summed E-state index contributed by atoms with van der Waals surface area (Å²) >= 11 is 0. The van der Waals surface area contributed by atoms with Crippen LogP contribution in [0.4, 0.5) is 5.69 Å². The average Bonchev–Trinajstić information content (AvgIpc) is 3.46. The third kappa shape index (κ3) is 6.72. The third-order valence-corrected chi connectivity index (χ3v) is 5.53. The number of rotatable bonds is 11. The van der Waals surface area contributed by atoms with Crippen molar-refractivity contribution in [1.82, 2.24) is 20.3 Å². The van der Waals surface area contributed by atoms with E-state index < -0.39 is 0 Å². The fourth-order valence-electron chi connectivity index (χ4n) is 3.84. The highest BCUT2D eigenvalue weighted by Gasteiger charge is 2.22. The van der Waals surface area contributed by atoms with Gasteiger partial charge in [0, 0.05) is 44.5 Å². The first-order valence-corrected chi connectivity index (χ1v) is 10.9. The van der Waals surface area contributed by atoms with Crippen molar-refractivity contribution in [1.29, 1.82) is 0 Å². The van der Waals surface area contributed by atoms with Crippen LogP contribution in [0, 0.1) is 5.92 Å². The number of aliphatic hydroxyl groups is 1. The Bertz CT molecular complexity index is 843. The molecule has 1 aliphatic heterocycles. The maximum absolute atomic E-state index is 12.3. The number of hydrogen-bond acceptors (Lipinski definition) is 6. The average molecular weight is 428 g/mol. The Balaban J connectivity index is 1.50. The molecule has 0 bridgehead atoms. The third-order valence-electron chi connectivity index (χ3n) is 5.53. The zero-order valence-electron chi connectivity index (χ0n) is 18.3. The molecule has 0 spiro atoms. The molecule has 0 aliphatic carbocycles. The van der Waals surface area contributed by atoms with Crippen LogP contribution in [0.3, 0.4) is 0 Å². The molecule has 1 saturated heterocycles. The number of methoxy groups -OCH3 is 1. The summed E-state index contributed by atoms with van der Waals surface area (Å²) in [5.74, 6) is 0.217. The summed E-state index contributed by atoms with van der Waals surface area (Å²) in [5, 5.41) is 23.2. The second kappa shape index (κ2) is 11.7. The lowest BCUT2D eigenvalue weighted by Gasteiger charge is -2.21. The number of aryl methyl sites for hydroxylation is 1. The molecule has 0 saturated carbocycles. The molecule has 1 aromatic carbocycles. The molecule has 1 fully saturated rings. The minimum atomic E-state index is -0.0876. The maximum atomic E-state index is 12.3. The van der Waals surface area contributed by atoms with Crippen LogP contribution >= 0.6 is 0 Å². The number of ether oxygens (including phenoxy) is 1. The zero-order chi connectivity index (χ0) is 22.1. The van der Waals surface area contributed by atoms with Gasteiger partial charge in [-0.15, -0.1) is 5.10 Å². The summed E-state index contributed by atoms with van der Waals surface area (Å²) in [6.45, 7) is 3.85. The van der Waals surface area contributed by atoms with Crippen LogP contribution in [0.2, 0.25) is 0 Å². The van der Waals surface area contributed by atoms with Gasteiger partial charge in [0.25, 0.3) is 0 Å². The van der Waals surface area contributed by atoms with E-state index in [0.29, 0.717) is 6.42 Å². The fourth-order valence-corrected chi connectivity index (χ4v) is 3.84. The molecule has 3 N–H and O–H groups in total. The summed E-state index contributed by atoms with van der Waals surface area (Å²) in [6, 6.07) is 7.79. The predicted octanol–water partition coefficient (Wildman–Crippen LogP) is 2.47. The molecule has 31 heavy (non-hydrogen) atoms. The fraction of sp³-hybridized carbons (Fsp3) is 0.522. The number of nitrogens with one attached hydrogen (secondary N) is 2. The number of aliphatic hydroxyl groups excluding tert-OH is 1. The number of benzene rings is 1. The molecule has 3 atom stereocenters.